The number of hydrogen-bond acceptors (Lipinski definition) is 4. The molecule has 0 spiro atoms. The maximum atomic E-state index is 11.0. The Bertz CT molecular complexity index is 877. The second-order valence-electron chi connectivity index (χ2n) is 6.77. The third-order valence-electron chi connectivity index (χ3n) is 4.10. The van der Waals surface area contributed by atoms with Crippen molar-refractivity contribution in [3.8, 4) is 17.6 Å². The maximum absolute atomic E-state index is 11.0. The topological polar surface area (TPSA) is 82.4 Å². The SMILES string of the molecule is CC#CC(CC(=O)O)c1ccc(OCc2ccc(C=N)c(NC(C)C)c2)cc1. The van der Waals surface area contributed by atoms with Crippen molar-refractivity contribution < 1.29 is 14.6 Å². The minimum Gasteiger partial charge on any atom is -0.489 e. The van der Waals surface area contributed by atoms with Crippen LogP contribution in [0.5, 0.6) is 5.75 Å². The first-order valence-corrected chi connectivity index (χ1v) is 9.19. The highest BCUT2D eigenvalue weighted by molar-refractivity contribution is 5.86. The maximum Gasteiger partial charge on any atom is 0.304 e. The summed E-state index contributed by atoms with van der Waals surface area (Å²) in [6.07, 6.45) is 1.31. The Morgan fingerprint density at radius 2 is 1.96 bits per heavy atom. The van der Waals surface area contributed by atoms with Crippen molar-refractivity contribution in [2.24, 2.45) is 0 Å². The fraction of sp³-hybridized carbons (Fsp3) is 0.304. The van der Waals surface area contributed by atoms with E-state index in [2.05, 4.69) is 31.0 Å². The molecule has 0 fully saturated rings. The molecule has 2 rings (SSSR count). The molecule has 0 aliphatic rings. The molecule has 2 aromatic carbocycles. The summed E-state index contributed by atoms with van der Waals surface area (Å²) in [5.41, 5.74) is 3.61. The highest BCUT2D eigenvalue weighted by atomic mass is 16.5. The normalized spacial score (nSPS) is 11.3. The van der Waals surface area contributed by atoms with Crippen LogP contribution in [-0.2, 0) is 11.4 Å². The number of ether oxygens (including phenoxy) is 1. The van der Waals surface area contributed by atoms with Gasteiger partial charge in [-0.15, -0.1) is 5.92 Å². The van der Waals surface area contributed by atoms with Gasteiger partial charge < -0.3 is 20.6 Å². The average Bonchev–Trinajstić information content (AvgIpc) is 2.66. The van der Waals surface area contributed by atoms with Gasteiger partial charge in [0.2, 0.25) is 0 Å². The molecule has 3 N–H and O–H groups in total. The highest BCUT2D eigenvalue weighted by Gasteiger charge is 2.13. The molecule has 0 bridgehead atoms. The van der Waals surface area contributed by atoms with Crippen LogP contribution in [0.3, 0.4) is 0 Å². The van der Waals surface area contributed by atoms with E-state index in [1.165, 1.54) is 6.21 Å². The first-order chi connectivity index (χ1) is 13.4. The molecule has 1 unspecified atom stereocenters. The van der Waals surface area contributed by atoms with Crippen LogP contribution in [-0.4, -0.2) is 23.3 Å². The summed E-state index contributed by atoms with van der Waals surface area (Å²) in [7, 11) is 0. The molecule has 0 saturated heterocycles. The third-order valence-corrected chi connectivity index (χ3v) is 4.10. The number of nitrogens with one attached hydrogen (secondary N) is 2. The molecule has 0 aromatic heterocycles. The second-order valence-corrected chi connectivity index (χ2v) is 6.77. The van der Waals surface area contributed by atoms with Gasteiger partial charge in [0, 0.05) is 23.5 Å². The van der Waals surface area contributed by atoms with Crippen LogP contribution in [0.15, 0.2) is 42.5 Å². The fourth-order valence-electron chi connectivity index (χ4n) is 2.82. The molecule has 0 aliphatic heterocycles. The zero-order chi connectivity index (χ0) is 20.5. The van der Waals surface area contributed by atoms with Crippen LogP contribution >= 0.6 is 0 Å². The predicted molar refractivity (Wildman–Crippen MR) is 112 cm³/mol. The van der Waals surface area contributed by atoms with E-state index in [4.69, 9.17) is 15.3 Å². The van der Waals surface area contributed by atoms with Crippen molar-refractivity contribution in [2.45, 2.75) is 45.8 Å². The molecule has 0 heterocycles. The van der Waals surface area contributed by atoms with Gasteiger partial charge >= 0.3 is 5.97 Å². The number of carboxylic acids is 1. The molecule has 1 atom stereocenters. The molecule has 0 saturated carbocycles. The first-order valence-electron chi connectivity index (χ1n) is 9.19. The molecule has 28 heavy (non-hydrogen) atoms. The summed E-state index contributed by atoms with van der Waals surface area (Å²) >= 11 is 0. The van der Waals surface area contributed by atoms with E-state index in [1.54, 1.807) is 6.92 Å². The van der Waals surface area contributed by atoms with Gasteiger partial charge in [0.1, 0.15) is 12.4 Å². The largest absolute Gasteiger partial charge is 0.489 e. The van der Waals surface area contributed by atoms with E-state index in [0.29, 0.717) is 12.4 Å². The molecular formula is C23H26N2O3. The van der Waals surface area contributed by atoms with Crippen molar-refractivity contribution in [1.82, 2.24) is 0 Å². The average molecular weight is 378 g/mol. The van der Waals surface area contributed by atoms with Crippen molar-refractivity contribution in [3.63, 3.8) is 0 Å². The molecule has 146 valence electrons. The minimum atomic E-state index is -0.868. The van der Waals surface area contributed by atoms with Gasteiger partial charge in [0.25, 0.3) is 0 Å². The lowest BCUT2D eigenvalue weighted by Crippen LogP contribution is -2.12. The van der Waals surface area contributed by atoms with E-state index in [9.17, 15) is 4.79 Å². The van der Waals surface area contributed by atoms with Crippen molar-refractivity contribution >= 4 is 17.9 Å². The Balaban J connectivity index is 2.07. The van der Waals surface area contributed by atoms with Gasteiger partial charge in [0.05, 0.1) is 12.3 Å². The van der Waals surface area contributed by atoms with E-state index < -0.39 is 5.97 Å². The fourth-order valence-corrected chi connectivity index (χ4v) is 2.82. The summed E-state index contributed by atoms with van der Waals surface area (Å²) in [6, 6.07) is 13.5. The minimum absolute atomic E-state index is 0.0218. The van der Waals surface area contributed by atoms with Crippen LogP contribution in [0.2, 0.25) is 0 Å². The number of anilines is 1. The van der Waals surface area contributed by atoms with Crippen LogP contribution in [0.1, 0.15) is 49.8 Å². The molecule has 0 aliphatic carbocycles. The van der Waals surface area contributed by atoms with Gasteiger partial charge in [-0.05, 0) is 50.1 Å². The standard InChI is InChI=1S/C23H26N2O3/c1-4-5-19(13-23(26)27)18-8-10-21(11-9-18)28-15-17-6-7-20(14-24)22(12-17)25-16(2)3/h6-12,14,16,19,24-25H,13,15H2,1-3H3,(H,26,27). The summed E-state index contributed by atoms with van der Waals surface area (Å²) in [5, 5.41) is 19.9. The summed E-state index contributed by atoms with van der Waals surface area (Å²) in [5.74, 6) is 5.25. The van der Waals surface area contributed by atoms with Crippen molar-refractivity contribution in [1.29, 1.82) is 5.41 Å². The zero-order valence-corrected chi connectivity index (χ0v) is 16.5. The number of carbonyl (C=O) groups is 1. The number of carboxylic acid groups (broad SMARTS) is 1. The Labute approximate surface area is 166 Å². The van der Waals surface area contributed by atoms with Crippen LogP contribution in [0.4, 0.5) is 5.69 Å². The summed E-state index contributed by atoms with van der Waals surface area (Å²) in [6.45, 7) is 6.22. The van der Waals surface area contributed by atoms with Gasteiger partial charge in [-0.2, -0.15) is 0 Å². The highest BCUT2D eigenvalue weighted by Crippen LogP contribution is 2.23. The van der Waals surface area contributed by atoms with Gasteiger partial charge in [-0.25, -0.2) is 0 Å². The smallest absolute Gasteiger partial charge is 0.304 e. The van der Waals surface area contributed by atoms with E-state index >= 15 is 0 Å². The lowest BCUT2D eigenvalue weighted by Gasteiger charge is -2.15. The van der Waals surface area contributed by atoms with E-state index in [0.717, 1.165) is 22.4 Å². The van der Waals surface area contributed by atoms with Gasteiger partial charge in [-0.1, -0.05) is 30.2 Å². The Kier molecular flexibility index (Phi) is 7.65. The van der Waals surface area contributed by atoms with Crippen molar-refractivity contribution in [2.75, 3.05) is 5.32 Å². The quantitative estimate of drug-likeness (QED) is 0.438. The first kappa shape index (κ1) is 21.0. The number of benzene rings is 2. The van der Waals surface area contributed by atoms with E-state index in [-0.39, 0.29) is 18.4 Å². The molecule has 0 radical (unpaired) electrons. The zero-order valence-electron chi connectivity index (χ0n) is 16.5. The van der Waals surface area contributed by atoms with Crippen LogP contribution in [0, 0.1) is 17.3 Å². The Morgan fingerprint density at radius 3 is 2.54 bits per heavy atom. The van der Waals surface area contributed by atoms with Gasteiger partial charge in [0.15, 0.2) is 0 Å². The molecule has 2 aromatic rings. The molecule has 5 heteroatoms. The predicted octanol–water partition coefficient (Wildman–Crippen LogP) is 4.67. The lowest BCUT2D eigenvalue weighted by atomic mass is 9.96. The molecular weight excluding hydrogens is 352 g/mol. The van der Waals surface area contributed by atoms with E-state index in [1.807, 2.05) is 42.5 Å². The van der Waals surface area contributed by atoms with Crippen LogP contribution in [0.25, 0.3) is 0 Å². The number of aliphatic carboxylic acids is 1. The summed E-state index contributed by atoms with van der Waals surface area (Å²) in [4.78, 5) is 11.0. The molecule has 5 nitrogen and oxygen atoms in total. The monoisotopic (exact) mass is 378 g/mol. The van der Waals surface area contributed by atoms with Crippen LogP contribution < -0.4 is 10.1 Å². The van der Waals surface area contributed by atoms with Crippen molar-refractivity contribution in [3.05, 3.63) is 59.2 Å². The Morgan fingerprint density at radius 1 is 1.25 bits per heavy atom. The summed E-state index contributed by atoms with van der Waals surface area (Å²) < 4.78 is 5.86. The molecule has 0 amide bonds. The third kappa shape index (κ3) is 6.17. The van der Waals surface area contributed by atoms with Gasteiger partial charge in [-0.3, -0.25) is 4.79 Å². The Hall–Kier alpha value is -3.26. The number of rotatable bonds is 9. The lowest BCUT2D eigenvalue weighted by molar-refractivity contribution is -0.137. The number of hydrogen-bond donors (Lipinski definition) is 3. The second kappa shape index (κ2) is 10.2.